The van der Waals surface area contributed by atoms with Gasteiger partial charge in [0.15, 0.2) is 0 Å². The number of hydrogen-bond acceptors (Lipinski definition) is 4. The molecule has 5 heteroatoms. The Morgan fingerprint density at radius 1 is 1.35 bits per heavy atom. The molecule has 1 aliphatic carbocycles. The number of nitrogens with two attached hydrogens (primary N) is 1. The fourth-order valence-corrected chi connectivity index (χ4v) is 2.60. The molecule has 0 bridgehead atoms. The first-order valence-corrected chi connectivity index (χ1v) is 6.89. The van der Waals surface area contributed by atoms with E-state index in [2.05, 4.69) is 4.90 Å². The van der Waals surface area contributed by atoms with Crippen LogP contribution in [0.4, 0.5) is 11.4 Å². The normalized spacial score (nSPS) is 21.2. The van der Waals surface area contributed by atoms with E-state index in [-0.39, 0.29) is 12.0 Å². The SMILES string of the molecule is CN(C)C(=O)c1ccc(N)c(N(C)CC2CC(O)C2)c1. The van der Waals surface area contributed by atoms with Crippen molar-refractivity contribution in [1.82, 2.24) is 4.90 Å². The first-order valence-electron chi connectivity index (χ1n) is 6.89. The van der Waals surface area contributed by atoms with Crippen LogP contribution in [0.2, 0.25) is 0 Å². The third-order valence-corrected chi connectivity index (χ3v) is 3.84. The summed E-state index contributed by atoms with van der Waals surface area (Å²) < 4.78 is 0. The summed E-state index contributed by atoms with van der Waals surface area (Å²) in [6.45, 7) is 0.848. The summed E-state index contributed by atoms with van der Waals surface area (Å²) in [7, 11) is 5.44. The second-order valence-corrected chi connectivity index (χ2v) is 5.84. The molecule has 0 atom stereocenters. The zero-order chi connectivity index (χ0) is 14.9. The molecular weight excluding hydrogens is 254 g/mol. The number of nitrogen functional groups attached to an aromatic ring is 1. The molecule has 1 aromatic rings. The zero-order valence-corrected chi connectivity index (χ0v) is 12.3. The van der Waals surface area contributed by atoms with Crippen molar-refractivity contribution in [3.8, 4) is 0 Å². The van der Waals surface area contributed by atoms with Gasteiger partial charge in [-0.2, -0.15) is 0 Å². The maximum atomic E-state index is 12.0. The van der Waals surface area contributed by atoms with E-state index in [1.807, 2.05) is 13.1 Å². The lowest BCUT2D eigenvalue weighted by molar-refractivity contribution is 0.0465. The van der Waals surface area contributed by atoms with Crippen molar-refractivity contribution in [2.75, 3.05) is 38.3 Å². The highest BCUT2D eigenvalue weighted by atomic mass is 16.3. The molecule has 110 valence electrons. The summed E-state index contributed by atoms with van der Waals surface area (Å²) in [6.07, 6.45) is 1.55. The number of benzene rings is 1. The lowest BCUT2D eigenvalue weighted by atomic mass is 9.82. The second kappa shape index (κ2) is 5.71. The molecule has 2 rings (SSSR count). The summed E-state index contributed by atoms with van der Waals surface area (Å²) in [5.74, 6) is 0.473. The summed E-state index contributed by atoms with van der Waals surface area (Å²) in [5.41, 5.74) is 8.20. The molecule has 0 saturated heterocycles. The van der Waals surface area contributed by atoms with E-state index in [0.29, 0.717) is 17.2 Å². The van der Waals surface area contributed by atoms with Crippen molar-refractivity contribution < 1.29 is 9.90 Å². The average Bonchev–Trinajstić information content (AvgIpc) is 2.36. The summed E-state index contributed by atoms with van der Waals surface area (Å²) >= 11 is 0. The van der Waals surface area contributed by atoms with Crippen molar-refractivity contribution in [2.24, 2.45) is 5.92 Å². The molecule has 0 spiro atoms. The van der Waals surface area contributed by atoms with Gasteiger partial charge in [-0.1, -0.05) is 0 Å². The first-order chi connectivity index (χ1) is 9.38. The lowest BCUT2D eigenvalue weighted by Gasteiger charge is -2.35. The number of rotatable bonds is 4. The predicted molar refractivity (Wildman–Crippen MR) is 80.9 cm³/mol. The van der Waals surface area contributed by atoms with Gasteiger partial charge in [-0.15, -0.1) is 0 Å². The largest absolute Gasteiger partial charge is 0.397 e. The number of amides is 1. The quantitative estimate of drug-likeness (QED) is 0.811. The van der Waals surface area contributed by atoms with E-state index in [1.165, 1.54) is 0 Å². The van der Waals surface area contributed by atoms with Crippen LogP contribution < -0.4 is 10.6 Å². The van der Waals surface area contributed by atoms with Gasteiger partial charge in [-0.05, 0) is 37.0 Å². The molecule has 1 fully saturated rings. The third kappa shape index (κ3) is 3.04. The van der Waals surface area contributed by atoms with Gasteiger partial charge < -0.3 is 20.6 Å². The number of aliphatic hydroxyl groups is 1. The number of carbonyl (C=O) groups is 1. The minimum Gasteiger partial charge on any atom is -0.397 e. The van der Waals surface area contributed by atoms with Crippen LogP contribution in [0.15, 0.2) is 18.2 Å². The fraction of sp³-hybridized carbons (Fsp3) is 0.533. The van der Waals surface area contributed by atoms with E-state index in [0.717, 1.165) is 25.1 Å². The van der Waals surface area contributed by atoms with E-state index in [9.17, 15) is 9.90 Å². The van der Waals surface area contributed by atoms with Crippen molar-refractivity contribution >= 4 is 17.3 Å². The molecule has 1 amide bonds. The van der Waals surface area contributed by atoms with E-state index in [1.54, 1.807) is 31.1 Å². The van der Waals surface area contributed by atoms with Crippen LogP contribution >= 0.6 is 0 Å². The Kier molecular flexibility index (Phi) is 4.18. The van der Waals surface area contributed by atoms with Gasteiger partial charge in [0.05, 0.1) is 17.5 Å². The smallest absolute Gasteiger partial charge is 0.253 e. The van der Waals surface area contributed by atoms with Crippen LogP contribution in [-0.4, -0.2) is 49.7 Å². The molecule has 1 saturated carbocycles. The average molecular weight is 277 g/mol. The Labute approximate surface area is 120 Å². The molecule has 0 heterocycles. The highest BCUT2D eigenvalue weighted by Gasteiger charge is 2.28. The molecule has 1 aromatic carbocycles. The predicted octanol–water partition coefficient (Wildman–Crippen LogP) is 1.18. The van der Waals surface area contributed by atoms with Crippen molar-refractivity contribution in [2.45, 2.75) is 18.9 Å². The van der Waals surface area contributed by atoms with Gasteiger partial charge in [-0.3, -0.25) is 4.79 Å². The second-order valence-electron chi connectivity index (χ2n) is 5.84. The minimum absolute atomic E-state index is 0.0290. The Hall–Kier alpha value is -1.75. The molecular formula is C15H23N3O2. The Bertz CT molecular complexity index is 496. The standard InChI is InChI=1S/C15H23N3O2/c1-17(2)15(20)11-4-5-13(16)14(8-11)18(3)9-10-6-12(19)7-10/h4-5,8,10,12,19H,6-7,9,16H2,1-3H3. The van der Waals surface area contributed by atoms with Crippen molar-refractivity contribution in [3.63, 3.8) is 0 Å². The highest BCUT2D eigenvalue weighted by molar-refractivity contribution is 5.96. The van der Waals surface area contributed by atoms with Crippen molar-refractivity contribution in [3.05, 3.63) is 23.8 Å². The number of aliphatic hydroxyl groups excluding tert-OH is 1. The van der Waals surface area contributed by atoms with E-state index in [4.69, 9.17) is 5.73 Å². The van der Waals surface area contributed by atoms with Gasteiger partial charge in [0.25, 0.3) is 5.91 Å². The molecule has 0 aromatic heterocycles. The number of carbonyl (C=O) groups excluding carboxylic acids is 1. The van der Waals surface area contributed by atoms with Crippen LogP contribution in [0.3, 0.4) is 0 Å². The van der Waals surface area contributed by atoms with Crippen LogP contribution in [-0.2, 0) is 0 Å². The van der Waals surface area contributed by atoms with Gasteiger partial charge in [-0.25, -0.2) is 0 Å². The summed E-state index contributed by atoms with van der Waals surface area (Å²) in [4.78, 5) is 15.6. The number of nitrogens with zero attached hydrogens (tertiary/aromatic N) is 2. The first kappa shape index (κ1) is 14.7. The molecule has 0 radical (unpaired) electrons. The monoisotopic (exact) mass is 277 g/mol. The summed E-state index contributed by atoms with van der Waals surface area (Å²) in [5, 5.41) is 9.34. The van der Waals surface area contributed by atoms with E-state index >= 15 is 0 Å². The van der Waals surface area contributed by atoms with Gasteiger partial charge in [0.1, 0.15) is 0 Å². The van der Waals surface area contributed by atoms with Crippen LogP contribution in [0, 0.1) is 5.92 Å². The molecule has 1 aliphatic rings. The van der Waals surface area contributed by atoms with Gasteiger partial charge in [0, 0.05) is 33.3 Å². The van der Waals surface area contributed by atoms with Crippen LogP contribution in [0.5, 0.6) is 0 Å². The minimum atomic E-state index is -0.146. The highest BCUT2D eigenvalue weighted by Crippen LogP contribution is 2.31. The van der Waals surface area contributed by atoms with Crippen LogP contribution in [0.25, 0.3) is 0 Å². The number of anilines is 2. The molecule has 0 aliphatic heterocycles. The van der Waals surface area contributed by atoms with Gasteiger partial charge in [0.2, 0.25) is 0 Å². The molecule has 3 N–H and O–H groups in total. The third-order valence-electron chi connectivity index (χ3n) is 3.84. The fourth-order valence-electron chi connectivity index (χ4n) is 2.60. The maximum Gasteiger partial charge on any atom is 0.253 e. The summed E-state index contributed by atoms with van der Waals surface area (Å²) in [6, 6.07) is 5.37. The zero-order valence-electron chi connectivity index (χ0n) is 12.3. The number of hydrogen-bond donors (Lipinski definition) is 2. The lowest BCUT2D eigenvalue weighted by Crippen LogP contribution is -2.37. The molecule has 5 nitrogen and oxygen atoms in total. The maximum absolute atomic E-state index is 12.0. The Balaban J connectivity index is 2.13. The van der Waals surface area contributed by atoms with E-state index < -0.39 is 0 Å². The molecule has 0 unspecified atom stereocenters. The Morgan fingerprint density at radius 3 is 2.55 bits per heavy atom. The molecule has 20 heavy (non-hydrogen) atoms. The van der Waals surface area contributed by atoms with Crippen molar-refractivity contribution in [1.29, 1.82) is 0 Å². The topological polar surface area (TPSA) is 69.8 Å². The Morgan fingerprint density at radius 2 is 2.00 bits per heavy atom. The van der Waals surface area contributed by atoms with Gasteiger partial charge >= 0.3 is 0 Å². The van der Waals surface area contributed by atoms with Crippen LogP contribution in [0.1, 0.15) is 23.2 Å².